The van der Waals surface area contributed by atoms with E-state index in [9.17, 15) is 4.79 Å². The van der Waals surface area contributed by atoms with Crippen LogP contribution in [0.1, 0.15) is 0 Å². The Labute approximate surface area is 150 Å². The Balaban J connectivity index is 1.64. The van der Waals surface area contributed by atoms with Crippen LogP contribution >= 0.6 is 57.5 Å². The molecule has 118 valence electrons. The number of hydrogen-bond acceptors (Lipinski definition) is 6. The average Bonchev–Trinajstić information content (AvgIpc) is 3.16. The standard InChI is InChI=1S/C12H11Cl3N4OS2/c13-12(14,15)10(20)18-3-5-19(6-4-18)11-17-16-9(22-11)8-2-1-7-21-8/h1-2,7H,3-6H2. The van der Waals surface area contributed by atoms with Gasteiger partial charge in [0.05, 0.1) is 4.88 Å². The van der Waals surface area contributed by atoms with E-state index in [0.717, 1.165) is 15.0 Å². The highest BCUT2D eigenvalue weighted by Gasteiger charge is 2.36. The fourth-order valence-corrected chi connectivity index (χ4v) is 4.17. The summed E-state index contributed by atoms with van der Waals surface area (Å²) in [5.41, 5.74) is 0. The third kappa shape index (κ3) is 3.49. The Bertz CT molecular complexity index is 648. The van der Waals surface area contributed by atoms with Crippen molar-refractivity contribution >= 4 is 68.5 Å². The number of carbonyl (C=O) groups is 1. The van der Waals surface area contributed by atoms with Gasteiger partial charge in [0, 0.05) is 26.2 Å². The molecule has 0 saturated carbocycles. The van der Waals surface area contributed by atoms with Crippen molar-refractivity contribution in [3.63, 3.8) is 0 Å². The summed E-state index contributed by atoms with van der Waals surface area (Å²) in [4.78, 5) is 16.7. The molecule has 3 rings (SSSR count). The van der Waals surface area contributed by atoms with Crippen molar-refractivity contribution in [3.05, 3.63) is 17.5 Å². The van der Waals surface area contributed by atoms with Gasteiger partial charge in [-0.05, 0) is 11.4 Å². The minimum Gasteiger partial charge on any atom is -0.343 e. The molecule has 1 amide bonds. The highest BCUT2D eigenvalue weighted by atomic mass is 35.6. The van der Waals surface area contributed by atoms with E-state index in [1.807, 2.05) is 17.5 Å². The number of thiophene rings is 1. The summed E-state index contributed by atoms with van der Waals surface area (Å²) in [6, 6.07) is 4.01. The molecule has 1 aliphatic rings. The van der Waals surface area contributed by atoms with Gasteiger partial charge in [-0.2, -0.15) is 0 Å². The number of carbonyl (C=O) groups excluding carboxylic acids is 1. The summed E-state index contributed by atoms with van der Waals surface area (Å²) in [7, 11) is 0. The maximum Gasteiger partial charge on any atom is 0.274 e. The van der Waals surface area contributed by atoms with Crippen LogP contribution in [0.15, 0.2) is 17.5 Å². The van der Waals surface area contributed by atoms with Crippen molar-refractivity contribution in [1.29, 1.82) is 0 Å². The van der Waals surface area contributed by atoms with Crippen LogP contribution in [0, 0.1) is 0 Å². The first kappa shape index (κ1) is 16.3. The molecule has 3 heterocycles. The number of aromatic nitrogens is 2. The maximum absolute atomic E-state index is 11.9. The first-order valence-electron chi connectivity index (χ1n) is 6.43. The van der Waals surface area contributed by atoms with E-state index in [1.54, 1.807) is 27.6 Å². The number of piperazine rings is 1. The predicted octanol–water partition coefficient (Wildman–Crippen LogP) is 3.29. The lowest BCUT2D eigenvalue weighted by Crippen LogP contribution is -2.51. The number of amides is 1. The van der Waals surface area contributed by atoms with E-state index in [-0.39, 0.29) is 0 Å². The Morgan fingerprint density at radius 2 is 1.91 bits per heavy atom. The molecular formula is C12H11Cl3N4OS2. The van der Waals surface area contributed by atoms with E-state index in [0.29, 0.717) is 26.2 Å². The molecule has 0 N–H and O–H groups in total. The van der Waals surface area contributed by atoms with Crippen LogP contribution in [-0.4, -0.2) is 51.0 Å². The lowest BCUT2D eigenvalue weighted by atomic mass is 10.3. The van der Waals surface area contributed by atoms with Gasteiger partial charge < -0.3 is 9.80 Å². The fourth-order valence-electron chi connectivity index (χ4n) is 2.12. The van der Waals surface area contributed by atoms with E-state index < -0.39 is 9.70 Å². The van der Waals surface area contributed by atoms with Crippen LogP contribution in [-0.2, 0) is 4.79 Å². The second-order valence-corrected chi connectivity index (χ2v) is 8.83. The molecule has 1 fully saturated rings. The first-order valence-corrected chi connectivity index (χ1v) is 9.26. The SMILES string of the molecule is O=C(N1CCN(c2nnc(-c3cccs3)s2)CC1)C(Cl)(Cl)Cl. The molecule has 0 bridgehead atoms. The average molecular weight is 398 g/mol. The number of hydrogen-bond donors (Lipinski definition) is 0. The molecule has 5 nitrogen and oxygen atoms in total. The number of rotatable bonds is 2. The zero-order chi connectivity index (χ0) is 15.7. The van der Waals surface area contributed by atoms with E-state index in [1.165, 1.54) is 0 Å². The van der Waals surface area contributed by atoms with Crippen LogP contribution in [0.4, 0.5) is 5.13 Å². The van der Waals surface area contributed by atoms with Gasteiger partial charge in [0.25, 0.3) is 9.70 Å². The molecule has 0 atom stereocenters. The van der Waals surface area contributed by atoms with Gasteiger partial charge >= 0.3 is 0 Å². The van der Waals surface area contributed by atoms with Crippen LogP contribution in [0.25, 0.3) is 9.88 Å². The Morgan fingerprint density at radius 3 is 2.50 bits per heavy atom. The lowest BCUT2D eigenvalue weighted by Gasteiger charge is -2.35. The minimum absolute atomic E-state index is 0.478. The summed E-state index contributed by atoms with van der Waals surface area (Å²) in [6.45, 7) is 2.29. The molecule has 0 spiro atoms. The zero-order valence-corrected chi connectivity index (χ0v) is 15.1. The van der Waals surface area contributed by atoms with Crippen LogP contribution in [0.5, 0.6) is 0 Å². The van der Waals surface area contributed by atoms with E-state index in [2.05, 4.69) is 15.1 Å². The Morgan fingerprint density at radius 1 is 1.18 bits per heavy atom. The number of halogens is 3. The van der Waals surface area contributed by atoms with Crippen molar-refractivity contribution in [3.8, 4) is 9.88 Å². The Hall–Kier alpha value is -0.600. The topological polar surface area (TPSA) is 49.3 Å². The van der Waals surface area contributed by atoms with E-state index >= 15 is 0 Å². The molecule has 2 aromatic heterocycles. The second kappa shape index (κ2) is 6.49. The molecule has 22 heavy (non-hydrogen) atoms. The van der Waals surface area contributed by atoms with Crippen molar-refractivity contribution in [2.75, 3.05) is 31.1 Å². The first-order chi connectivity index (χ1) is 10.4. The third-order valence-corrected chi connectivity index (χ3v) is 5.73. The smallest absolute Gasteiger partial charge is 0.274 e. The number of alkyl halides is 3. The van der Waals surface area contributed by atoms with Gasteiger partial charge in [0.15, 0.2) is 5.01 Å². The molecule has 0 radical (unpaired) electrons. The van der Waals surface area contributed by atoms with Crippen LogP contribution < -0.4 is 4.90 Å². The normalized spacial score (nSPS) is 16.1. The van der Waals surface area contributed by atoms with Crippen molar-refractivity contribution < 1.29 is 4.79 Å². The molecule has 10 heteroatoms. The summed E-state index contributed by atoms with van der Waals surface area (Å²) in [6.07, 6.45) is 0. The van der Waals surface area contributed by atoms with Gasteiger partial charge in [0.2, 0.25) is 5.13 Å². The van der Waals surface area contributed by atoms with E-state index in [4.69, 9.17) is 34.8 Å². The van der Waals surface area contributed by atoms with Gasteiger partial charge in [-0.15, -0.1) is 21.5 Å². The summed E-state index contributed by atoms with van der Waals surface area (Å²) in [5, 5.41) is 12.2. The van der Waals surface area contributed by atoms with Gasteiger partial charge in [0.1, 0.15) is 0 Å². The van der Waals surface area contributed by atoms with Crippen LogP contribution in [0.3, 0.4) is 0 Å². The molecular weight excluding hydrogens is 387 g/mol. The number of anilines is 1. The second-order valence-electron chi connectivity index (χ2n) is 4.64. The summed E-state index contributed by atoms with van der Waals surface area (Å²) >= 11 is 20.1. The lowest BCUT2D eigenvalue weighted by molar-refractivity contribution is -0.130. The molecule has 0 aromatic carbocycles. The minimum atomic E-state index is -1.89. The highest BCUT2D eigenvalue weighted by molar-refractivity contribution is 7.22. The summed E-state index contributed by atoms with van der Waals surface area (Å²) < 4.78 is -1.89. The fraction of sp³-hybridized carbons (Fsp3) is 0.417. The highest BCUT2D eigenvalue weighted by Crippen LogP contribution is 2.33. The monoisotopic (exact) mass is 396 g/mol. The maximum atomic E-state index is 11.9. The van der Waals surface area contributed by atoms with Crippen LogP contribution in [0.2, 0.25) is 0 Å². The van der Waals surface area contributed by atoms with Crippen molar-refractivity contribution in [1.82, 2.24) is 15.1 Å². The van der Waals surface area contributed by atoms with Crippen molar-refractivity contribution in [2.24, 2.45) is 0 Å². The van der Waals surface area contributed by atoms with Crippen molar-refractivity contribution in [2.45, 2.75) is 3.79 Å². The molecule has 0 unspecified atom stereocenters. The molecule has 0 aliphatic carbocycles. The number of nitrogens with zero attached hydrogens (tertiary/aromatic N) is 4. The Kier molecular flexibility index (Phi) is 4.80. The molecule has 1 aliphatic heterocycles. The molecule has 2 aromatic rings. The van der Waals surface area contributed by atoms with Gasteiger partial charge in [-0.1, -0.05) is 52.2 Å². The molecule has 1 saturated heterocycles. The van der Waals surface area contributed by atoms with Gasteiger partial charge in [-0.3, -0.25) is 4.79 Å². The quantitative estimate of drug-likeness (QED) is 0.730. The largest absolute Gasteiger partial charge is 0.343 e. The summed E-state index contributed by atoms with van der Waals surface area (Å²) in [5.74, 6) is -0.478. The predicted molar refractivity (Wildman–Crippen MR) is 92.3 cm³/mol. The zero-order valence-electron chi connectivity index (χ0n) is 11.2. The van der Waals surface area contributed by atoms with Gasteiger partial charge in [-0.25, -0.2) is 0 Å². The third-order valence-electron chi connectivity index (χ3n) is 3.23.